The molecule has 1 aliphatic heterocycles. The highest BCUT2D eigenvalue weighted by Crippen LogP contribution is 2.16. The molecule has 0 bridgehead atoms. The van der Waals surface area contributed by atoms with E-state index in [-0.39, 0.29) is 11.9 Å². The van der Waals surface area contributed by atoms with Crippen LogP contribution < -0.4 is 0 Å². The van der Waals surface area contributed by atoms with E-state index in [1.54, 1.807) is 17.0 Å². The van der Waals surface area contributed by atoms with Gasteiger partial charge in [-0.1, -0.05) is 0 Å². The number of benzene rings is 1. The highest BCUT2D eigenvalue weighted by atomic mass is 19.1. The first-order chi connectivity index (χ1) is 12.3. The van der Waals surface area contributed by atoms with E-state index in [2.05, 4.69) is 20.1 Å². The average molecular weight is 361 g/mol. The Morgan fingerprint density at radius 3 is 2.46 bits per heavy atom. The van der Waals surface area contributed by atoms with Crippen molar-refractivity contribution in [1.29, 1.82) is 0 Å². The number of halogens is 1. The summed E-state index contributed by atoms with van der Waals surface area (Å²) in [5.74, 6) is 1.01. The first-order valence-corrected chi connectivity index (χ1v) is 8.68. The fourth-order valence-corrected chi connectivity index (χ4v) is 2.72. The van der Waals surface area contributed by atoms with Crippen LogP contribution in [0.25, 0.3) is 11.4 Å². The molecule has 0 spiro atoms. The molecule has 1 fully saturated rings. The van der Waals surface area contributed by atoms with Crippen molar-refractivity contribution in [2.45, 2.75) is 32.9 Å². The number of nitrogens with one attached hydrogen (secondary N) is 1. The van der Waals surface area contributed by atoms with Crippen LogP contribution >= 0.6 is 0 Å². The van der Waals surface area contributed by atoms with Crippen LogP contribution in [0.2, 0.25) is 0 Å². The molecule has 1 N–H and O–H groups in total. The van der Waals surface area contributed by atoms with E-state index >= 15 is 0 Å². The van der Waals surface area contributed by atoms with Crippen LogP contribution in [0.1, 0.15) is 26.6 Å². The first kappa shape index (κ1) is 18.3. The van der Waals surface area contributed by atoms with Gasteiger partial charge in [-0.05, 0) is 45.0 Å². The van der Waals surface area contributed by atoms with Crippen LogP contribution in [0, 0.1) is 5.82 Å². The van der Waals surface area contributed by atoms with Gasteiger partial charge in [0.25, 0.3) is 0 Å². The Bertz CT molecular complexity index is 746. The van der Waals surface area contributed by atoms with E-state index in [4.69, 9.17) is 4.74 Å². The summed E-state index contributed by atoms with van der Waals surface area (Å²) >= 11 is 0. The van der Waals surface area contributed by atoms with Crippen LogP contribution in [0.5, 0.6) is 0 Å². The monoisotopic (exact) mass is 361 g/mol. The number of hydrogen-bond donors (Lipinski definition) is 1. The molecule has 0 unspecified atom stereocenters. The number of H-pyrrole nitrogens is 1. The molecule has 0 aliphatic carbocycles. The quantitative estimate of drug-likeness (QED) is 0.910. The van der Waals surface area contributed by atoms with Crippen molar-refractivity contribution in [2.75, 3.05) is 26.2 Å². The van der Waals surface area contributed by atoms with Gasteiger partial charge < -0.3 is 9.64 Å². The zero-order valence-electron chi connectivity index (χ0n) is 15.3. The minimum atomic E-state index is -0.481. The summed E-state index contributed by atoms with van der Waals surface area (Å²) in [4.78, 5) is 20.5. The largest absolute Gasteiger partial charge is 0.444 e. The second-order valence-corrected chi connectivity index (χ2v) is 7.36. The Hall–Kier alpha value is -2.48. The SMILES string of the molecule is CC(C)(C)OC(=O)N1CCN(Cc2nc(-c3ccc(F)cc3)n[nH]2)CC1. The fraction of sp³-hybridized carbons (Fsp3) is 0.500. The van der Waals surface area contributed by atoms with Crippen LogP contribution in [0.4, 0.5) is 9.18 Å². The Labute approximate surface area is 152 Å². The van der Waals surface area contributed by atoms with Crippen molar-refractivity contribution in [3.05, 3.63) is 35.9 Å². The van der Waals surface area contributed by atoms with Crippen molar-refractivity contribution < 1.29 is 13.9 Å². The lowest BCUT2D eigenvalue weighted by molar-refractivity contribution is 0.0137. The Balaban J connectivity index is 1.52. The van der Waals surface area contributed by atoms with Gasteiger partial charge in [-0.25, -0.2) is 14.2 Å². The maximum absolute atomic E-state index is 13.0. The van der Waals surface area contributed by atoms with E-state index < -0.39 is 5.60 Å². The van der Waals surface area contributed by atoms with Crippen LogP contribution in [0.15, 0.2) is 24.3 Å². The molecule has 26 heavy (non-hydrogen) atoms. The number of rotatable bonds is 3. The van der Waals surface area contributed by atoms with E-state index in [0.717, 1.165) is 24.5 Å². The number of aromatic amines is 1. The highest BCUT2D eigenvalue weighted by Gasteiger charge is 2.26. The summed E-state index contributed by atoms with van der Waals surface area (Å²) in [6.45, 7) is 8.94. The zero-order valence-corrected chi connectivity index (χ0v) is 15.3. The molecule has 1 aromatic heterocycles. The maximum Gasteiger partial charge on any atom is 0.410 e. The molecule has 140 valence electrons. The summed E-state index contributed by atoms with van der Waals surface area (Å²) in [5, 5.41) is 7.12. The van der Waals surface area contributed by atoms with E-state index in [9.17, 15) is 9.18 Å². The van der Waals surface area contributed by atoms with E-state index in [1.165, 1.54) is 12.1 Å². The first-order valence-electron chi connectivity index (χ1n) is 8.68. The lowest BCUT2D eigenvalue weighted by atomic mass is 10.2. The molecule has 1 amide bonds. The highest BCUT2D eigenvalue weighted by molar-refractivity contribution is 5.68. The van der Waals surface area contributed by atoms with Crippen LogP contribution in [-0.4, -0.2) is 62.9 Å². The summed E-state index contributed by atoms with van der Waals surface area (Å²) < 4.78 is 18.4. The summed E-state index contributed by atoms with van der Waals surface area (Å²) in [6, 6.07) is 6.09. The molecule has 1 saturated heterocycles. The van der Waals surface area contributed by atoms with Crippen LogP contribution in [-0.2, 0) is 11.3 Å². The third-order valence-corrected chi connectivity index (χ3v) is 4.03. The number of aromatic nitrogens is 3. The van der Waals surface area contributed by atoms with Crippen LogP contribution in [0.3, 0.4) is 0 Å². The number of nitrogens with zero attached hydrogens (tertiary/aromatic N) is 4. The summed E-state index contributed by atoms with van der Waals surface area (Å²) in [7, 11) is 0. The minimum absolute atomic E-state index is 0.268. The Morgan fingerprint density at radius 2 is 1.85 bits per heavy atom. The second kappa shape index (κ2) is 7.41. The molecular formula is C18H24FN5O2. The van der Waals surface area contributed by atoms with Gasteiger partial charge in [-0.3, -0.25) is 10.00 Å². The molecule has 1 aromatic carbocycles. The number of piperazine rings is 1. The standard InChI is InChI=1S/C18H24FN5O2/c1-18(2,3)26-17(25)24-10-8-23(9-11-24)12-15-20-16(22-21-15)13-4-6-14(19)7-5-13/h4-7H,8-12H2,1-3H3,(H,20,21,22). The smallest absolute Gasteiger partial charge is 0.410 e. The van der Waals surface area contributed by atoms with Gasteiger partial charge in [0, 0.05) is 31.7 Å². The topological polar surface area (TPSA) is 74.3 Å². The molecule has 8 heteroatoms. The average Bonchev–Trinajstić information content (AvgIpc) is 3.03. The third-order valence-electron chi connectivity index (χ3n) is 4.03. The van der Waals surface area contributed by atoms with Crippen molar-refractivity contribution in [1.82, 2.24) is 25.0 Å². The van der Waals surface area contributed by atoms with Crippen molar-refractivity contribution in [3.63, 3.8) is 0 Å². The third kappa shape index (κ3) is 4.78. The van der Waals surface area contributed by atoms with E-state index in [1.807, 2.05) is 20.8 Å². The predicted molar refractivity (Wildman–Crippen MR) is 94.9 cm³/mol. The number of ether oxygens (including phenoxy) is 1. The normalized spacial score (nSPS) is 15.9. The fourth-order valence-electron chi connectivity index (χ4n) is 2.72. The Morgan fingerprint density at radius 1 is 1.19 bits per heavy atom. The van der Waals surface area contributed by atoms with Gasteiger partial charge in [-0.15, -0.1) is 0 Å². The van der Waals surface area contributed by atoms with Crippen molar-refractivity contribution >= 4 is 6.09 Å². The molecule has 0 atom stereocenters. The van der Waals surface area contributed by atoms with Gasteiger partial charge in [0.15, 0.2) is 5.82 Å². The van der Waals surface area contributed by atoms with Gasteiger partial charge in [0.2, 0.25) is 0 Å². The molecule has 1 aliphatic rings. The molecule has 2 heterocycles. The van der Waals surface area contributed by atoms with Crippen molar-refractivity contribution in [3.8, 4) is 11.4 Å². The number of hydrogen-bond acceptors (Lipinski definition) is 5. The molecule has 2 aromatic rings. The second-order valence-electron chi connectivity index (χ2n) is 7.36. The minimum Gasteiger partial charge on any atom is -0.444 e. The van der Waals surface area contributed by atoms with E-state index in [0.29, 0.717) is 25.5 Å². The summed E-state index contributed by atoms with van der Waals surface area (Å²) in [5.41, 5.74) is 0.286. The molecule has 7 nitrogen and oxygen atoms in total. The molecular weight excluding hydrogens is 337 g/mol. The van der Waals surface area contributed by atoms with Gasteiger partial charge in [0.05, 0.1) is 6.54 Å². The van der Waals surface area contributed by atoms with Gasteiger partial charge in [0.1, 0.15) is 17.2 Å². The molecule has 0 saturated carbocycles. The van der Waals surface area contributed by atoms with Gasteiger partial charge >= 0.3 is 6.09 Å². The lowest BCUT2D eigenvalue weighted by Gasteiger charge is -2.35. The van der Waals surface area contributed by atoms with Crippen molar-refractivity contribution in [2.24, 2.45) is 0 Å². The number of amides is 1. The number of carbonyl (C=O) groups excluding carboxylic acids is 1. The molecule has 0 radical (unpaired) electrons. The zero-order chi connectivity index (χ0) is 18.7. The van der Waals surface area contributed by atoms with Gasteiger partial charge in [-0.2, -0.15) is 5.10 Å². The lowest BCUT2D eigenvalue weighted by Crippen LogP contribution is -2.49. The maximum atomic E-state index is 13.0. The number of carbonyl (C=O) groups is 1. The molecule has 3 rings (SSSR count). The predicted octanol–water partition coefficient (Wildman–Crippen LogP) is 2.66. The Kier molecular flexibility index (Phi) is 5.22. The summed E-state index contributed by atoms with van der Waals surface area (Å²) in [6.07, 6.45) is -0.268.